The third-order valence-corrected chi connectivity index (χ3v) is 6.19. The second-order valence-corrected chi connectivity index (χ2v) is 10.3. The number of benzene rings is 1. The first-order chi connectivity index (χ1) is 15.9. The normalized spacial score (nSPS) is 11.5. The predicted molar refractivity (Wildman–Crippen MR) is 136 cm³/mol. The molecule has 0 fully saturated rings. The van der Waals surface area contributed by atoms with Gasteiger partial charge in [-0.2, -0.15) is 8.42 Å². The number of esters is 1. The van der Waals surface area contributed by atoms with Crippen molar-refractivity contribution in [1.82, 2.24) is 0 Å². The monoisotopic (exact) mass is 483 g/mol. The average Bonchev–Trinajstić information content (AvgIpc) is 2.78. The van der Waals surface area contributed by atoms with Crippen LogP contribution >= 0.6 is 0 Å². The summed E-state index contributed by atoms with van der Waals surface area (Å²) >= 11 is 0. The maximum absolute atomic E-state index is 11.6. The summed E-state index contributed by atoms with van der Waals surface area (Å²) in [6.45, 7) is 3.49. The Morgan fingerprint density at radius 2 is 1.21 bits per heavy atom. The molecule has 0 aliphatic rings. The lowest BCUT2D eigenvalue weighted by Crippen LogP contribution is -2.05. The molecule has 0 aliphatic heterocycles. The van der Waals surface area contributed by atoms with Gasteiger partial charge in [-0.05, 0) is 44.0 Å². The lowest BCUT2D eigenvalue weighted by Gasteiger charge is -2.07. The molecule has 190 valence electrons. The van der Waals surface area contributed by atoms with Gasteiger partial charge in [0, 0.05) is 12.2 Å². The predicted octanol–water partition coefficient (Wildman–Crippen LogP) is 6.71. The number of carbonyl (C=O) groups is 1. The number of hydrogen-bond acceptors (Lipinski definition) is 6. The van der Waals surface area contributed by atoms with Gasteiger partial charge in [-0.15, -0.1) is 0 Å². The SMILES string of the molecule is CCOC(=O)c1ccc(NCCCCCCCCCCCCCCCCOS(C)(=O)=O)cc1. The van der Waals surface area contributed by atoms with Crippen LogP contribution in [0.2, 0.25) is 0 Å². The molecule has 0 aliphatic carbocycles. The smallest absolute Gasteiger partial charge is 0.338 e. The maximum Gasteiger partial charge on any atom is 0.338 e. The zero-order valence-corrected chi connectivity index (χ0v) is 21.6. The van der Waals surface area contributed by atoms with Gasteiger partial charge < -0.3 is 10.1 Å². The summed E-state index contributed by atoms with van der Waals surface area (Å²) in [6.07, 6.45) is 18.4. The van der Waals surface area contributed by atoms with Crippen molar-refractivity contribution >= 4 is 21.8 Å². The van der Waals surface area contributed by atoms with Crippen LogP contribution in [-0.4, -0.2) is 40.4 Å². The van der Waals surface area contributed by atoms with E-state index in [1.807, 2.05) is 19.1 Å². The van der Waals surface area contributed by atoms with Crippen molar-refractivity contribution < 1.29 is 22.1 Å². The van der Waals surface area contributed by atoms with E-state index in [2.05, 4.69) is 5.32 Å². The van der Waals surface area contributed by atoms with Crippen LogP contribution in [0.4, 0.5) is 5.69 Å². The van der Waals surface area contributed by atoms with Crippen LogP contribution in [0.15, 0.2) is 24.3 Å². The lowest BCUT2D eigenvalue weighted by molar-refractivity contribution is 0.0526. The van der Waals surface area contributed by atoms with Crippen molar-refractivity contribution in [2.24, 2.45) is 0 Å². The van der Waals surface area contributed by atoms with Gasteiger partial charge in [0.25, 0.3) is 10.1 Å². The molecule has 0 spiro atoms. The average molecular weight is 484 g/mol. The summed E-state index contributed by atoms with van der Waals surface area (Å²) in [7, 11) is -3.28. The summed E-state index contributed by atoms with van der Waals surface area (Å²) in [5.41, 5.74) is 1.64. The fourth-order valence-corrected chi connectivity index (χ4v) is 4.15. The Morgan fingerprint density at radius 1 is 0.758 bits per heavy atom. The number of rotatable bonds is 21. The van der Waals surface area contributed by atoms with Crippen LogP contribution < -0.4 is 5.32 Å². The van der Waals surface area contributed by atoms with Gasteiger partial charge in [-0.25, -0.2) is 4.79 Å². The molecule has 1 aromatic carbocycles. The fourth-order valence-electron chi connectivity index (χ4n) is 3.73. The summed E-state index contributed by atoms with van der Waals surface area (Å²) < 4.78 is 31.4. The molecule has 0 saturated carbocycles. The van der Waals surface area contributed by atoms with E-state index >= 15 is 0 Å². The summed E-state index contributed by atoms with van der Waals surface area (Å²) in [5, 5.41) is 3.42. The summed E-state index contributed by atoms with van der Waals surface area (Å²) in [5.74, 6) is -0.268. The number of carbonyl (C=O) groups excluding carboxylic acids is 1. The molecule has 1 rings (SSSR count). The van der Waals surface area contributed by atoms with Crippen molar-refractivity contribution in [2.75, 3.05) is 31.3 Å². The van der Waals surface area contributed by atoms with Crippen molar-refractivity contribution in [1.29, 1.82) is 0 Å². The van der Waals surface area contributed by atoms with E-state index < -0.39 is 10.1 Å². The highest BCUT2D eigenvalue weighted by Crippen LogP contribution is 2.14. The summed E-state index contributed by atoms with van der Waals surface area (Å²) in [4.78, 5) is 11.6. The first-order valence-corrected chi connectivity index (χ1v) is 14.6. The molecule has 7 heteroatoms. The Balaban J connectivity index is 1.82. The van der Waals surface area contributed by atoms with Crippen LogP contribution in [-0.2, 0) is 19.0 Å². The molecule has 0 radical (unpaired) electrons. The van der Waals surface area contributed by atoms with Crippen LogP contribution in [0.1, 0.15) is 107 Å². The molecular weight excluding hydrogens is 438 g/mol. The Kier molecular flexibility index (Phi) is 16.8. The van der Waals surface area contributed by atoms with Crippen molar-refractivity contribution in [3.63, 3.8) is 0 Å². The minimum absolute atomic E-state index is 0.268. The third-order valence-electron chi connectivity index (χ3n) is 5.59. The Labute approximate surface area is 202 Å². The van der Waals surface area contributed by atoms with E-state index in [0.717, 1.165) is 31.3 Å². The number of ether oxygens (including phenoxy) is 1. The molecular formula is C26H45NO5S. The van der Waals surface area contributed by atoms with E-state index in [-0.39, 0.29) is 5.97 Å². The Morgan fingerprint density at radius 3 is 1.67 bits per heavy atom. The zero-order valence-electron chi connectivity index (χ0n) is 20.8. The largest absolute Gasteiger partial charge is 0.462 e. The third kappa shape index (κ3) is 17.5. The van der Waals surface area contributed by atoms with Gasteiger partial charge in [0.2, 0.25) is 0 Å². The minimum atomic E-state index is -3.28. The van der Waals surface area contributed by atoms with Crippen LogP contribution in [0.25, 0.3) is 0 Å². The van der Waals surface area contributed by atoms with Crippen LogP contribution in [0.5, 0.6) is 0 Å². The molecule has 1 N–H and O–H groups in total. The quantitative estimate of drug-likeness (QED) is 0.119. The number of unbranched alkanes of at least 4 members (excludes halogenated alkanes) is 13. The molecule has 0 unspecified atom stereocenters. The van der Waals surface area contributed by atoms with Crippen molar-refractivity contribution in [3.05, 3.63) is 29.8 Å². The lowest BCUT2D eigenvalue weighted by atomic mass is 10.0. The standard InChI is InChI=1S/C26H45NO5S/c1-3-31-26(28)24-18-20-25(21-19-24)27-22-16-14-12-10-8-6-4-5-7-9-11-13-15-17-23-32-33(2,29)30/h18-21,27H,3-17,22-23H2,1-2H3. The van der Waals surface area contributed by atoms with Gasteiger partial charge >= 0.3 is 5.97 Å². The molecule has 33 heavy (non-hydrogen) atoms. The first kappa shape index (κ1) is 29.4. The maximum atomic E-state index is 11.6. The van der Waals surface area contributed by atoms with E-state index in [0.29, 0.717) is 18.8 Å². The zero-order chi connectivity index (χ0) is 24.2. The van der Waals surface area contributed by atoms with Gasteiger partial charge in [-0.1, -0.05) is 77.0 Å². The molecule has 0 atom stereocenters. The second kappa shape index (κ2) is 18.8. The first-order valence-electron chi connectivity index (χ1n) is 12.8. The molecule has 1 aromatic rings. The summed E-state index contributed by atoms with van der Waals surface area (Å²) in [6, 6.07) is 7.48. The van der Waals surface area contributed by atoms with Gasteiger partial charge in [-0.3, -0.25) is 4.18 Å². The Bertz CT molecular complexity index is 719. The van der Waals surface area contributed by atoms with Crippen LogP contribution in [0.3, 0.4) is 0 Å². The fraction of sp³-hybridized carbons (Fsp3) is 0.731. The number of nitrogens with one attached hydrogen (secondary N) is 1. The molecule has 0 aromatic heterocycles. The van der Waals surface area contributed by atoms with E-state index in [9.17, 15) is 13.2 Å². The van der Waals surface area contributed by atoms with Gasteiger partial charge in [0.1, 0.15) is 0 Å². The molecule has 6 nitrogen and oxygen atoms in total. The topological polar surface area (TPSA) is 81.7 Å². The highest BCUT2D eigenvalue weighted by molar-refractivity contribution is 7.85. The minimum Gasteiger partial charge on any atom is -0.462 e. The Hall–Kier alpha value is -1.60. The van der Waals surface area contributed by atoms with E-state index in [1.54, 1.807) is 12.1 Å². The highest BCUT2D eigenvalue weighted by atomic mass is 32.2. The molecule has 0 heterocycles. The van der Waals surface area contributed by atoms with Crippen molar-refractivity contribution in [3.8, 4) is 0 Å². The van der Waals surface area contributed by atoms with E-state index in [1.165, 1.54) is 77.0 Å². The van der Waals surface area contributed by atoms with Crippen LogP contribution in [0, 0.1) is 0 Å². The van der Waals surface area contributed by atoms with E-state index in [4.69, 9.17) is 8.92 Å². The number of hydrogen-bond donors (Lipinski definition) is 1. The second-order valence-electron chi connectivity index (χ2n) is 8.70. The highest BCUT2D eigenvalue weighted by Gasteiger charge is 2.05. The van der Waals surface area contributed by atoms with Gasteiger partial charge in [0.15, 0.2) is 0 Å². The molecule has 0 saturated heterocycles. The van der Waals surface area contributed by atoms with Gasteiger partial charge in [0.05, 0.1) is 25.0 Å². The number of anilines is 1. The molecule has 0 amide bonds. The van der Waals surface area contributed by atoms with Crippen molar-refractivity contribution in [2.45, 2.75) is 96.8 Å². The molecule has 0 bridgehead atoms.